The molecular formula is C10H14O3. The summed E-state index contributed by atoms with van der Waals surface area (Å²) in [5, 5.41) is 0. The van der Waals surface area contributed by atoms with E-state index in [4.69, 9.17) is 15.9 Å². The maximum absolute atomic E-state index is 10.7. The van der Waals surface area contributed by atoms with Crippen LogP contribution in [0.2, 0.25) is 0 Å². The van der Waals surface area contributed by atoms with Crippen LogP contribution >= 0.6 is 0 Å². The summed E-state index contributed by atoms with van der Waals surface area (Å²) in [6, 6.07) is 0. The van der Waals surface area contributed by atoms with Gasteiger partial charge in [-0.1, -0.05) is 6.92 Å². The lowest BCUT2D eigenvalue weighted by atomic mass is 10.0. The number of carbonyl (C=O) groups is 1. The zero-order valence-electron chi connectivity index (χ0n) is 7.95. The Morgan fingerprint density at radius 1 is 1.85 bits per heavy atom. The molecule has 1 aliphatic rings. The topological polar surface area (TPSA) is 38.8 Å². The van der Waals surface area contributed by atoms with Crippen LogP contribution in [0.4, 0.5) is 0 Å². The Bertz CT molecular complexity index is 225. The second-order valence-electron chi connectivity index (χ2n) is 3.32. The molecule has 3 heteroatoms. The summed E-state index contributed by atoms with van der Waals surface area (Å²) in [7, 11) is 0. The van der Waals surface area contributed by atoms with E-state index in [2.05, 4.69) is 5.92 Å². The highest BCUT2D eigenvalue weighted by Crippen LogP contribution is 2.22. The summed E-state index contributed by atoms with van der Waals surface area (Å²) in [5.41, 5.74) is 0. The summed E-state index contributed by atoms with van der Waals surface area (Å²) in [5.74, 6) is 2.45. The number of terminal acetylenes is 1. The molecule has 1 fully saturated rings. The molecule has 0 aromatic heterocycles. The minimum Gasteiger partial charge on any atom is -0.460 e. The predicted molar refractivity (Wildman–Crippen MR) is 47.9 cm³/mol. The zero-order valence-corrected chi connectivity index (χ0v) is 7.95. The molecular weight excluding hydrogens is 168 g/mol. The van der Waals surface area contributed by atoms with Crippen LogP contribution in [-0.2, 0) is 14.3 Å². The number of epoxide rings is 1. The van der Waals surface area contributed by atoms with Crippen molar-refractivity contribution in [2.45, 2.75) is 32.5 Å². The van der Waals surface area contributed by atoms with E-state index in [1.165, 1.54) is 6.92 Å². The molecule has 0 amide bonds. The first-order valence-corrected chi connectivity index (χ1v) is 4.38. The smallest absolute Gasteiger partial charge is 0.302 e. The van der Waals surface area contributed by atoms with Gasteiger partial charge in [-0.05, 0) is 0 Å². The molecule has 1 heterocycles. The second kappa shape index (κ2) is 4.29. The molecule has 0 saturated carbocycles. The first kappa shape index (κ1) is 10.1. The fraction of sp³-hybridized carbons (Fsp3) is 0.700. The van der Waals surface area contributed by atoms with Crippen LogP contribution in [0.15, 0.2) is 0 Å². The van der Waals surface area contributed by atoms with Crippen LogP contribution in [0, 0.1) is 18.3 Å². The third-order valence-electron chi connectivity index (χ3n) is 1.96. The lowest BCUT2D eigenvalue weighted by Gasteiger charge is -2.15. The zero-order chi connectivity index (χ0) is 9.84. The molecule has 1 unspecified atom stereocenters. The molecule has 0 spiro atoms. The van der Waals surface area contributed by atoms with Gasteiger partial charge in [-0.25, -0.2) is 0 Å². The lowest BCUT2D eigenvalue weighted by molar-refractivity contribution is -0.147. The molecule has 0 N–H and O–H groups in total. The highest BCUT2D eigenvalue weighted by atomic mass is 16.6. The molecule has 0 aromatic carbocycles. The molecule has 3 atom stereocenters. The van der Waals surface area contributed by atoms with Crippen LogP contribution in [-0.4, -0.2) is 24.8 Å². The van der Waals surface area contributed by atoms with E-state index < -0.39 is 0 Å². The standard InChI is InChI=1S/C10H14O3/c1-4-7(2)5-9(10-6-12-10)13-8(3)11/h1,7,9-10H,5-6H2,2-3H3/t7-,9-,10?/m0/s1. The van der Waals surface area contributed by atoms with E-state index in [1.807, 2.05) is 6.92 Å². The average molecular weight is 182 g/mol. The molecule has 72 valence electrons. The van der Waals surface area contributed by atoms with Crippen LogP contribution in [0.1, 0.15) is 20.3 Å². The molecule has 0 bridgehead atoms. The highest BCUT2D eigenvalue weighted by Gasteiger charge is 2.35. The summed E-state index contributed by atoms with van der Waals surface area (Å²) < 4.78 is 10.2. The van der Waals surface area contributed by atoms with Crippen LogP contribution in [0.25, 0.3) is 0 Å². The van der Waals surface area contributed by atoms with Crippen molar-refractivity contribution in [1.82, 2.24) is 0 Å². The largest absolute Gasteiger partial charge is 0.460 e. The van der Waals surface area contributed by atoms with Crippen molar-refractivity contribution < 1.29 is 14.3 Å². The van der Waals surface area contributed by atoms with Crippen molar-refractivity contribution >= 4 is 5.97 Å². The second-order valence-corrected chi connectivity index (χ2v) is 3.32. The molecule has 1 aliphatic heterocycles. The Labute approximate surface area is 78.4 Å². The van der Waals surface area contributed by atoms with E-state index >= 15 is 0 Å². The Hall–Kier alpha value is -1.01. The van der Waals surface area contributed by atoms with Gasteiger partial charge in [-0.2, -0.15) is 0 Å². The average Bonchev–Trinajstić information content (AvgIpc) is 2.84. The first-order valence-electron chi connectivity index (χ1n) is 4.38. The van der Waals surface area contributed by atoms with E-state index in [9.17, 15) is 4.79 Å². The van der Waals surface area contributed by atoms with E-state index in [-0.39, 0.29) is 24.1 Å². The van der Waals surface area contributed by atoms with Crippen molar-refractivity contribution in [2.24, 2.45) is 5.92 Å². The lowest BCUT2D eigenvalue weighted by Crippen LogP contribution is -2.24. The minimum absolute atomic E-state index is 0.0692. The molecule has 3 nitrogen and oxygen atoms in total. The van der Waals surface area contributed by atoms with Crippen LogP contribution in [0.5, 0.6) is 0 Å². The van der Waals surface area contributed by atoms with Crippen molar-refractivity contribution in [3.05, 3.63) is 0 Å². The van der Waals surface area contributed by atoms with Gasteiger partial charge in [0.1, 0.15) is 12.2 Å². The molecule has 0 aliphatic carbocycles. The molecule has 1 rings (SSSR count). The maximum atomic E-state index is 10.7. The van der Waals surface area contributed by atoms with Crippen molar-refractivity contribution in [2.75, 3.05) is 6.61 Å². The van der Waals surface area contributed by atoms with Gasteiger partial charge in [0.2, 0.25) is 0 Å². The Morgan fingerprint density at radius 2 is 2.46 bits per heavy atom. The number of rotatable bonds is 4. The summed E-state index contributed by atoms with van der Waals surface area (Å²) in [4.78, 5) is 10.7. The Morgan fingerprint density at radius 3 is 2.85 bits per heavy atom. The van der Waals surface area contributed by atoms with E-state index in [1.54, 1.807) is 0 Å². The monoisotopic (exact) mass is 182 g/mol. The fourth-order valence-electron chi connectivity index (χ4n) is 1.18. The highest BCUT2D eigenvalue weighted by molar-refractivity contribution is 5.66. The van der Waals surface area contributed by atoms with Crippen molar-refractivity contribution in [1.29, 1.82) is 0 Å². The normalized spacial score (nSPS) is 24.2. The van der Waals surface area contributed by atoms with Gasteiger partial charge in [0.15, 0.2) is 0 Å². The van der Waals surface area contributed by atoms with Gasteiger partial charge in [0.05, 0.1) is 6.61 Å². The summed E-state index contributed by atoms with van der Waals surface area (Å²) >= 11 is 0. The molecule has 0 radical (unpaired) electrons. The van der Waals surface area contributed by atoms with Gasteiger partial charge in [-0.3, -0.25) is 4.79 Å². The molecule has 13 heavy (non-hydrogen) atoms. The van der Waals surface area contributed by atoms with Gasteiger partial charge in [0, 0.05) is 19.3 Å². The fourth-order valence-corrected chi connectivity index (χ4v) is 1.18. The van der Waals surface area contributed by atoms with E-state index in [0.717, 1.165) is 0 Å². The maximum Gasteiger partial charge on any atom is 0.302 e. The third kappa shape index (κ3) is 3.47. The number of hydrogen-bond acceptors (Lipinski definition) is 3. The number of esters is 1. The van der Waals surface area contributed by atoms with Gasteiger partial charge < -0.3 is 9.47 Å². The Kier molecular flexibility index (Phi) is 3.32. The first-order chi connectivity index (χ1) is 6.13. The van der Waals surface area contributed by atoms with Crippen LogP contribution < -0.4 is 0 Å². The van der Waals surface area contributed by atoms with Crippen molar-refractivity contribution in [3.8, 4) is 12.3 Å². The summed E-state index contributed by atoms with van der Waals surface area (Å²) in [6.07, 6.45) is 5.83. The Balaban J connectivity index is 2.38. The number of ether oxygens (including phenoxy) is 2. The van der Waals surface area contributed by atoms with Gasteiger partial charge in [0.25, 0.3) is 0 Å². The van der Waals surface area contributed by atoms with Crippen LogP contribution in [0.3, 0.4) is 0 Å². The quantitative estimate of drug-likeness (QED) is 0.369. The number of hydrogen-bond donors (Lipinski definition) is 0. The molecule has 1 saturated heterocycles. The van der Waals surface area contributed by atoms with Gasteiger partial charge >= 0.3 is 5.97 Å². The predicted octanol–water partition coefficient (Wildman–Crippen LogP) is 0.976. The van der Waals surface area contributed by atoms with Gasteiger partial charge in [-0.15, -0.1) is 12.3 Å². The van der Waals surface area contributed by atoms with E-state index in [0.29, 0.717) is 13.0 Å². The molecule has 0 aromatic rings. The minimum atomic E-state index is -0.273. The SMILES string of the molecule is C#C[C@H](C)C[C@H](OC(C)=O)C1CO1. The number of carbonyl (C=O) groups excluding carboxylic acids is 1. The van der Waals surface area contributed by atoms with Crippen molar-refractivity contribution in [3.63, 3.8) is 0 Å². The summed E-state index contributed by atoms with van der Waals surface area (Å²) in [6.45, 7) is 4.00. The third-order valence-corrected chi connectivity index (χ3v) is 1.96.